The van der Waals surface area contributed by atoms with Gasteiger partial charge in [-0.25, -0.2) is 4.98 Å². The molecule has 0 amide bonds. The fourth-order valence-electron chi connectivity index (χ4n) is 2.61. The molecule has 0 saturated carbocycles. The van der Waals surface area contributed by atoms with Crippen LogP contribution in [0.1, 0.15) is 0 Å². The SMILES string of the molecule is O=c1cc(-c2ccccc2)oc2ccc(Oc3ccc([N+](=O)[O-])cn3)cc12. The van der Waals surface area contributed by atoms with Crippen LogP contribution in [0, 0.1) is 10.1 Å². The number of rotatable bonds is 4. The molecule has 4 aromatic rings. The molecule has 0 spiro atoms. The van der Waals surface area contributed by atoms with Crippen LogP contribution in [0.5, 0.6) is 11.6 Å². The summed E-state index contributed by atoms with van der Waals surface area (Å²) in [5, 5.41) is 11.0. The van der Waals surface area contributed by atoms with E-state index in [-0.39, 0.29) is 17.0 Å². The van der Waals surface area contributed by atoms with Gasteiger partial charge in [-0.1, -0.05) is 30.3 Å². The quantitative estimate of drug-likeness (QED) is 0.391. The zero-order valence-electron chi connectivity index (χ0n) is 13.9. The summed E-state index contributed by atoms with van der Waals surface area (Å²) in [5.41, 5.74) is 0.921. The lowest BCUT2D eigenvalue weighted by atomic mass is 10.1. The summed E-state index contributed by atoms with van der Waals surface area (Å²) < 4.78 is 11.4. The number of aromatic nitrogens is 1. The molecule has 4 rings (SSSR count). The Hall–Kier alpha value is -4.00. The normalized spacial score (nSPS) is 10.7. The van der Waals surface area contributed by atoms with Gasteiger partial charge in [0, 0.05) is 23.8 Å². The smallest absolute Gasteiger partial charge is 0.287 e. The van der Waals surface area contributed by atoms with Crippen LogP contribution >= 0.6 is 0 Å². The van der Waals surface area contributed by atoms with Crippen LogP contribution in [-0.4, -0.2) is 9.91 Å². The molecule has 0 saturated heterocycles. The summed E-state index contributed by atoms with van der Waals surface area (Å²) in [6.07, 6.45) is 1.11. The average molecular weight is 360 g/mol. The molecule has 0 aliphatic rings. The molecule has 132 valence electrons. The number of ether oxygens (including phenoxy) is 1. The highest BCUT2D eigenvalue weighted by Gasteiger charge is 2.10. The second kappa shape index (κ2) is 6.72. The van der Waals surface area contributed by atoms with Gasteiger partial charge >= 0.3 is 0 Å². The number of nitrogens with zero attached hydrogens (tertiary/aromatic N) is 2. The van der Waals surface area contributed by atoms with Gasteiger partial charge in [0.25, 0.3) is 5.69 Å². The van der Waals surface area contributed by atoms with E-state index in [9.17, 15) is 14.9 Å². The molecule has 2 aromatic carbocycles. The number of hydrogen-bond acceptors (Lipinski definition) is 6. The summed E-state index contributed by atoms with van der Waals surface area (Å²) in [7, 11) is 0. The van der Waals surface area contributed by atoms with Gasteiger partial charge in [-0.3, -0.25) is 14.9 Å². The summed E-state index contributed by atoms with van der Waals surface area (Å²) >= 11 is 0. The Bertz CT molecular complexity index is 1180. The first-order valence-electron chi connectivity index (χ1n) is 8.02. The van der Waals surface area contributed by atoms with Crippen LogP contribution in [0.25, 0.3) is 22.3 Å². The van der Waals surface area contributed by atoms with Gasteiger partial charge in [0.2, 0.25) is 5.88 Å². The predicted octanol–water partition coefficient (Wildman–Crippen LogP) is 4.56. The van der Waals surface area contributed by atoms with Crippen molar-refractivity contribution in [1.29, 1.82) is 0 Å². The van der Waals surface area contributed by atoms with Crippen LogP contribution < -0.4 is 10.2 Å². The second-order valence-electron chi connectivity index (χ2n) is 5.71. The second-order valence-corrected chi connectivity index (χ2v) is 5.71. The van der Waals surface area contributed by atoms with E-state index < -0.39 is 4.92 Å². The van der Waals surface area contributed by atoms with Crippen molar-refractivity contribution < 1.29 is 14.1 Å². The summed E-state index contributed by atoms with van der Waals surface area (Å²) in [6, 6.07) is 18.3. The molecule has 0 aliphatic heterocycles. The number of nitro groups is 1. The maximum atomic E-state index is 12.5. The van der Waals surface area contributed by atoms with Gasteiger partial charge in [0.05, 0.1) is 10.3 Å². The van der Waals surface area contributed by atoms with Crippen molar-refractivity contribution in [2.75, 3.05) is 0 Å². The molecule has 2 aromatic heterocycles. The van der Waals surface area contributed by atoms with E-state index in [0.29, 0.717) is 22.5 Å². The lowest BCUT2D eigenvalue weighted by Crippen LogP contribution is -2.00. The Balaban J connectivity index is 1.67. The molecule has 7 nitrogen and oxygen atoms in total. The Kier molecular flexibility index (Phi) is 4.10. The molecule has 0 atom stereocenters. The minimum Gasteiger partial charge on any atom is -0.456 e. The first-order chi connectivity index (χ1) is 13.1. The first kappa shape index (κ1) is 16.5. The third-order valence-electron chi connectivity index (χ3n) is 3.91. The van der Waals surface area contributed by atoms with Gasteiger partial charge in [0.15, 0.2) is 5.43 Å². The van der Waals surface area contributed by atoms with Crippen LogP contribution in [-0.2, 0) is 0 Å². The zero-order chi connectivity index (χ0) is 18.8. The molecule has 0 aliphatic carbocycles. The largest absolute Gasteiger partial charge is 0.456 e. The van der Waals surface area contributed by atoms with Crippen molar-refractivity contribution in [3.8, 4) is 23.0 Å². The Morgan fingerprint density at radius 1 is 1.00 bits per heavy atom. The molecular formula is C20H12N2O5. The third kappa shape index (κ3) is 3.38. The Morgan fingerprint density at radius 2 is 1.81 bits per heavy atom. The average Bonchev–Trinajstić information content (AvgIpc) is 2.69. The molecule has 7 heteroatoms. The molecule has 0 radical (unpaired) electrons. The van der Waals surface area contributed by atoms with Gasteiger partial charge in [-0.2, -0.15) is 0 Å². The summed E-state index contributed by atoms with van der Waals surface area (Å²) in [4.78, 5) is 26.5. The molecule has 0 bridgehead atoms. The van der Waals surface area contributed by atoms with Gasteiger partial charge in [-0.05, 0) is 18.2 Å². The lowest BCUT2D eigenvalue weighted by Gasteiger charge is -2.07. The highest BCUT2D eigenvalue weighted by molar-refractivity contribution is 5.80. The van der Waals surface area contributed by atoms with Crippen molar-refractivity contribution in [1.82, 2.24) is 4.98 Å². The molecule has 0 N–H and O–H groups in total. The highest BCUT2D eigenvalue weighted by atomic mass is 16.6. The summed E-state index contributed by atoms with van der Waals surface area (Å²) in [6.45, 7) is 0. The van der Waals surface area contributed by atoms with Gasteiger partial charge < -0.3 is 9.15 Å². The number of pyridine rings is 1. The minimum absolute atomic E-state index is 0.130. The first-order valence-corrected chi connectivity index (χ1v) is 8.02. The summed E-state index contributed by atoms with van der Waals surface area (Å²) in [5.74, 6) is 1.05. The fourth-order valence-corrected chi connectivity index (χ4v) is 2.61. The van der Waals surface area contributed by atoms with Gasteiger partial charge in [-0.15, -0.1) is 0 Å². The van der Waals surface area contributed by atoms with E-state index in [0.717, 1.165) is 11.8 Å². The Morgan fingerprint density at radius 3 is 2.52 bits per heavy atom. The standard InChI is InChI=1S/C20H12N2O5/c23-17-11-19(13-4-2-1-3-5-13)27-18-8-7-15(10-16(17)18)26-20-9-6-14(12-21-20)22(24)25/h1-12H. The van der Waals surface area contributed by atoms with Crippen LogP contribution in [0.3, 0.4) is 0 Å². The lowest BCUT2D eigenvalue weighted by molar-refractivity contribution is -0.385. The maximum Gasteiger partial charge on any atom is 0.287 e. The number of fused-ring (bicyclic) bond motifs is 1. The maximum absolute atomic E-state index is 12.5. The van der Waals surface area contributed by atoms with Crippen molar-refractivity contribution in [2.24, 2.45) is 0 Å². The van der Waals surface area contributed by atoms with Crippen molar-refractivity contribution >= 4 is 16.7 Å². The van der Waals surface area contributed by atoms with Crippen molar-refractivity contribution in [2.45, 2.75) is 0 Å². The highest BCUT2D eigenvalue weighted by Crippen LogP contribution is 2.27. The molecule has 2 heterocycles. The molecule has 0 fully saturated rings. The topological polar surface area (TPSA) is 95.5 Å². The molecule has 0 unspecified atom stereocenters. The van der Waals surface area contributed by atoms with Crippen LogP contribution in [0.15, 0.2) is 82.1 Å². The predicted molar refractivity (Wildman–Crippen MR) is 98.9 cm³/mol. The zero-order valence-corrected chi connectivity index (χ0v) is 13.9. The third-order valence-corrected chi connectivity index (χ3v) is 3.91. The monoisotopic (exact) mass is 360 g/mol. The van der Waals surface area contributed by atoms with E-state index in [1.807, 2.05) is 30.3 Å². The van der Waals surface area contributed by atoms with E-state index in [2.05, 4.69) is 4.98 Å². The van der Waals surface area contributed by atoms with E-state index in [4.69, 9.17) is 9.15 Å². The van der Waals surface area contributed by atoms with E-state index >= 15 is 0 Å². The number of benzene rings is 2. The molecule has 27 heavy (non-hydrogen) atoms. The minimum atomic E-state index is -0.539. The van der Waals surface area contributed by atoms with Gasteiger partial charge in [0.1, 0.15) is 23.3 Å². The van der Waals surface area contributed by atoms with Crippen LogP contribution in [0.4, 0.5) is 5.69 Å². The van der Waals surface area contributed by atoms with Crippen LogP contribution in [0.2, 0.25) is 0 Å². The Labute approximate surface area is 152 Å². The van der Waals surface area contributed by atoms with Crippen molar-refractivity contribution in [3.63, 3.8) is 0 Å². The fraction of sp³-hybridized carbons (Fsp3) is 0. The van der Waals surface area contributed by atoms with E-state index in [1.54, 1.807) is 18.2 Å². The number of hydrogen-bond donors (Lipinski definition) is 0. The van der Waals surface area contributed by atoms with E-state index in [1.165, 1.54) is 18.2 Å². The molecular weight excluding hydrogens is 348 g/mol. The van der Waals surface area contributed by atoms with Crippen molar-refractivity contribution in [3.05, 3.63) is 93.3 Å².